The predicted octanol–water partition coefficient (Wildman–Crippen LogP) is 2.38. The summed E-state index contributed by atoms with van der Waals surface area (Å²) >= 11 is 1.51. The Morgan fingerprint density at radius 2 is 1.88 bits per heavy atom. The van der Waals surface area contributed by atoms with Crippen LogP contribution >= 0.6 is 11.3 Å². The molecule has 3 aliphatic rings. The lowest BCUT2D eigenvalue weighted by Gasteiger charge is -2.22. The summed E-state index contributed by atoms with van der Waals surface area (Å²) in [6.07, 6.45) is 2.57. The minimum atomic E-state index is -1.42. The monoisotopic (exact) mass is 567 g/mol. The fourth-order valence-corrected chi connectivity index (χ4v) is 6.68. The fraction of sp³-hybridized carbons (Fsp3) is 0.607. The minimum Gasteiger partial charge on any atom is -0.390 e. The number of rotatable bonds is 10. The number of aryl methyl sites for hydroxylation is 2. The zero-order chi connectivity index (χ0) is 28.1. The fourth-order valence-electron chi connectivity index (χ4n) is 5.57. The van der Waals surface area contributed by atoms with E-state index in [-0.39, 0.29) is 12.5 Å². The first-order valence-corrected chi connectivity index (χ1v) is 15.0. The summed E-state index contributed by atoms with van der Waals surface area (Å²) in [5.74, 6) is 0.693. The number of hydrogen-bond acceptors (Lipinski definition) is 11. The maximum absolute atomic E-state index is 12.6. The van der Waals surface area contributed by atoms with Crippen LogP contribution in [0.3, 0.4) is 0 Å². The normalized spacial score (nSPS) is 26.1. The highest BCUT2D eigenvalue weighted by molar-refractivity contribution is 7.21. The third-order valence-electron chi connectivity index (χ3n) is 8.46. The smallest absolute Gasteiger partial charge is 0.249 e. The van der Waals surface area contributed by atoms with Crippen molar-refractivity contribution in [3.8, 4) is 10.6 Å². The molecule has 2 unspecified atom stereocenters. The van der Waals surface area contributed by atoms with Crippen LogP contribution in [0.1, 0.15) is 50.4 Å². The Balaban J connectivity index is 1.29. The van der Waals surface area contributed by atoms with Gasteiger partial charge in [0.2, 0.25) is 11.9 Å². The largest absolute Gasteiger partial charge is 0.390 e. The standard InChI is InChI=1S/C28H37N7O4S/c1-12(16-6-7-16)31-28-32-13(2)20(27-34-21-14(3)29-9-8-19(21)40-27)25(35-28)33-18-10-17(22(36)24(18)38)23(37)26(39)30-11-15-4-5-15/h8-9,12,15-18,22-24,36-38H,4-7,10-11H2,1-3H3,(H,30,39)(H2,31,32,33,35)/t12-,17+,18?,22-,23?,24+/m1/s1. The Bertz CT molecular complexity index is 1410. The zero-order valence-corrected chi connectivity index (χ0v) is 23.8. The van der Waals surface area contributed by atoms with Gasteiger partial charge in [0.1, 0.15) is 28.6 Å². The number of nitrogens with one attached hydrogen (secondary N) is 3. The molecule has 3 aliphatic carbocycles. The summed E-state index contributed by atoms with van der Waals surface area (Å²) in [5.41, 5.74) is 3.07. The van der Waals surface area contributed by atoms with Crippen LogP contribution in [0.2, 0.25) is 0 Å². The SMILES string of the molecule is Cc1nc(N[C@H](C)C2CC2)nc(NC2C[C@H](C(O)C(=O)NCC3CC3)[C@@H](O)[C@H]2O)c1-c1nc2c(C)nccc2s1. The molecule has 6 N–H and O–H groups in total. The molecular weight excluding hydrogens is 530 g/mol. The van der Waals surface area contributed by atoms with Crippen molar-refractivity contribution in [2.75, 3.05) is 17.2 Å². The highest BCUT2D eigenvalue weighted by Gasteiger charge is 2.47. The van der Waals surface area contributed by atoms with Gasteiger partial charge >= 0.3 is 0 Å². The van der Waals surface area contributed by atoms with Gasteiger partial charge in [0.15, 0.2) is 0 Å². The van der Waals surface area contributed by atoms with E-state index in [1.165, 1.54) is 24.2 Å². The third-order valence-corrected chi connectivity index (χ3v) is 9.50. The summed E-state index contributed by atoms with van der Waals surface area (Å²) in [6, 6.07) is 1.50. The van der Waals surface area contributed by atoms with E-state index in [4.69, 9.17) is 15.0 Å². The quantitative estimate of drug-likeness (QED) is 0.214. The average Bonchev–Trinajstić information content (AvgIpc) is 3.85. The molecule has 3 fully saturated rings. The summed E-state index contributed by atoms with van der Waals surface area (Å²) in [4.78, 5) is 31.4. The molecule has 6 atom stereocenters. The number of nitrogens with zero attached hydrogens (tertiary/aromatic N) is 4. The van der Waals surface area contributed by atoms with E-state index >= 15 is 0 Å². The second kappa shape index (κ2) is 10.8. The van der Waals surface area contributed by atoms with Gasteiger partial charge in [-0.1, -0.05) is 0 Å². The van der Waals surface area contributed by atoms with Crippen molar-refractivity contribution in [1.29, 1.82) is 0 Å². The van der Waals surface area contributed by atoms with Gasteiger partial charge in [-0.25, -0.2) is 9.97 Å². The first-order chi connectivity index (χ1) is 19.2. The minimum absolute atomic E-state index is 0.187. The van der Waals surface area contributed by atoms with Gasteiger partial charge < -0.3 is 31.3 Å². The molecule has 6 rings (SSSR count). The van der Waals surface area contributed by atoms with E-state index < -0.39 is 36.2 Å². The summed E-state index contributed by atoms with van der Waals surface area (Å²) in [6.45, 7) is 6.48. The molecule has 0 saturated heterocycles. The van der Waals surface area contributed by atoms with Crippen LogP contribution in [0, 0.1) is 31.6 Å². The number of aliphatic hydroxyl groups excluding tert-OH is 3. The lowest BCUT2D eigenvalue weighted by Crippen LogP contribution is -2.44. The number of aromatic nitrogens is 4. The number of pyridine rings is 1. The number of aliphatic hydroxyl groups is 3. The lowest BCUT2D eigenvalue weighted by atomic mass is 9.97. The molecule has 0 spiro atoms. The topological polar surface area (TPSA) is 165 Å². The Hall–Kier alpha value is -2.93. The number of thiazole rings is 1. The maximum Gasteiger partial charge on any atom is 0.249 e. The molecule has 3 heterocycles. The van der Waals surface area contributed by atoms with Gasteiger partial charge in [0.25, 0.3) is 0 Å². The molecule has 0 radical (unpaired) electrons. The third kappa shape index (κ3) is 5.50. The Kier molecular flexibility index (Phi) is 7.36. The molecule has 40 heavy (non-hydrogen) atoms. The van der Waals surface area contributed by atoms with Gasteiger partial charge in [-0.05, 0) is 70.8 Å². The zero-order valence-electron chi connectivity index (χ0n) is 23.0. The molecular formula is C28H37N7O4S. The summed E-state index contributed by atoms with van der Waals surface area (Å²) < 4.78 is 0.995. The molecule has 0 aliphatic heterocycles. The molecule has 1 amide bonds. The maximum atomic E-state index is 12.6. The predicted molar refractivity (Wildman–Crippen MR) is 153 cm³/mol. The van der Waals surface area contributed by atoms with Crippen LogP contribution in [0.15, 0.2) is 12.3 Å². The molecule has 0 bridgehead atoms. The molecule has 3 aromatic heterocycles. The van der Waals surface area contributed by atoms with Crippen molar-refractivity contribution in [2.24, 2.45) is 17.8 Å². The van der Waals surface area contributed by atoms with E-state index in [1.807, 2.05) is 19.9 Å². The number of anilines is 2. The van der Waals surface area contributed by atoms with Crippen molar-refractivity contribution in [3.05, 3.63) is 23.7 Å². The molecule has 3 aromatic rings. The van der Waals surface area contributed by atoms with Gasteiger partial charge in [-0.15, -0.1) is 11.3 Å². The second-order valence-corrected chi connectivity index (χ2v) is 12.7. The van der Waals surface area contributed by atoms with Crippen molar-refractivity contribution < 1.29 is 20.1 Å². The first-order valence-electron chi connectivity index (χ1n) is 14.2. The van der Waals surface area contributed by atoms with Crippen LogP contribution in [0.5, 0.6) is 0 Å². The highest BCUT2D eigenvalue weighted by atomic mass is 32.1. The highest BCUT2D eigenvalue weighted by Crippen LogP contribution is 2.40. The number of carbonyl (C=O) groups excluding carboxylic acids is 1. The van der Waals surface area contributed by atoms with Crippen molar-refractivity contribution >= 4 is 39.2 Å². The van der Waals surface area contributed by atoms with Gasteiger partial charge in [0, 0.05) is 24.7 Å². The van der Waals surface area contributed by atoms with Crippen LogP contribution in [-0.4, -0.2) is 78.1 Å². The molecule has 3 saturated carbocycles. The number of fused-ring (bicyclic) bond motifs is 1. The molecule has 12 heteroatoms. The van der Waals surface area contributed by atoms with Crippen LogP contribution in [0.25, 0.3) is 20.8 Å². The number of carbonyl (C=O) groups is 1. The molecule has 0 aromatic carbocycles. The number of amides is 1. The van der Waals surface area contributed by atoms with E-state index in [9.17, 15) is 20.1 Å². The van der Waals surface area contributed by atoms with E-state index in [0.717, 1.165) is 39.5 Å². The average molecular weight is 568 g/mol. The van der Waals surface area contributed by atoms with Gasteiger partial charge in [-0.2, -0.15) is 4.98 Å². The van der Waals surface area contributed by atoms with Gasteiger partial charge in [-0.3, -0.25) is 9.78 Å². The first kappa shape index (κ1) is 27.3. The lowest BCUT2D eigenvalue weighted by molar-refractivity contribution is -0.135. The van der Waals surface area contributed by atoms with Crippen LogP contribution in [0.4, 0.5) is 11.8 Å². The van der Waals surface area contributed by atoms with E-state index in [2.05, 4.69) is 27.9 Å². The Morgan fingerprint density at radius 1 is 1.10 bits per heavy atom. The second-order valence-electron chi connectivity index (χ2n) is 11.7. The van der Waals surface area contributed by atoms with Crippen molar-refractivity contribution in [2.45, 2.75) is 83.3 Å². The van der Waals surface area contributed by atoms with Crippen LogP contribution < -0.4 is 16.0 Å². The number of hydrogen-bond donors (Lipinski definition) is 6. The van der Waals surface area contributed by atoms with Gasteiger partial charge in [0.05, 0.1) is 33.8 Å². The van der Waals surface area contributed by atoms with Crippen molar-refractivity contribution in [3.63, 3.8) is 0 Å². The summed E-state index contributed by atoms with van der Waals surface area (Å²) in [7, 11) is 0. The Labute approximate surface area is 236 Å². The summed E-state index contributed by atoms with van der Waals surface area (Å²) in [5, 5.41) is 42.8. The Morgan fingerprint density at radius 3 is 2.58 bits per heavy atom. The van der Waals surface area contributed by atoms with Crippen LogP contribution in [-0.2, 0) is 4.79 Å². The van der Waals surface area contributed by atoms with Crippen molar-refractivity contribution in [1.82, 2.24) is 25.3 Å². The van der Waals surface area contributed by atoms with E-state index in [1.54, 1.807) is 6.20 Å². The van der Waals surface area contributed by atoms with E-state index in [0.29, 0.717) is 35.7 Å². The molecule has 214 valence electrons. The molecule has 11 nitrogen and oxygen atoms in total.